The second-order valence-electron chi connectivity index (χ2n) is 11.9. The Kier molecular flexibility index (Phi) is 5.39. The van der Waals surface area contributed by atoms with Crippen LogP contribution in [0, 0.1) is 0 Å². The molecule has 3 rings (SSSR count). The fourth-order valence-corrected chi connectivity index (χ4v) is 4.28. The molecule has 2 aromatic carbocycles. The van der Waals surface area contributed by atoms with E-state index in [1.54, 1.807) is 5.57 Å². The molecule has 0 unspecified atom stereocenters. The van der Waals surface area contributed by atoms with E-state index in [-0.39, 0.29) is 16.2 Å². The van der Waals surface area contributed by atoms with Crippen LogP contribution in [0.3, 0.4) is 0 Å². The van der Waals surface area contributed by atoms with Gasteiger partial charge in [-0.3, -0.25) is 0 Å². The first-order chi connectivity index (χ1) is 13.2. The number of hydrogen-bond donors (Lipinski definition) is 0. The van der Waals surface area contributed by atoms with Crippen LogP contribution in [0.5, 0.6) is 0 Å². The second-order valence-corrected chi connectivity index (χ2v) is 11.9. The van der Waals surface area contributed by atoms with Gasteiger partial charge in [0.05, 0.1) is 0 Å². The molecule has 0 radical (unpaired) electrons. The minimum atomic E-state index is 0.104. The zero-order valence-electron chi connectivity index (χ0n) is 20.4. The van der Waals surface area contributed by atoms with Crippen LogP contribution in [0.1, 0.15) is 103 Å². The Morgan fingerprint density at radius 1 is 0.724 bits per heavy atom. The molecule has 1 aliphatic rings. The zero-order valence-corrected chi connectivity index (χ0v) is 20.4. The maximum Gasteiger partial charge on any atom is -0.00577 e. The molecule has 0 saturated carbocycles. The van der Waals surface area contributed by atoms with Crippen molar-refractivity contribution in [3.05, 3.63) is 63.7 Å². The average Bonchev–Trinajstić information content (AvgIpc) is 3.01. The number of rotatable bonds is 2. The Morgan fingerprint density at radius 3 is 1.72 bits per heavy atom. The summed E-state index contributed by atoms with van der Waals surface area (Å²) in [6.07, 6.45) is 4.71. The van der Waals surface area contributed by atoms with Crippen LogP contribution < -0.4 is 0 Å². The highest BCUT2D eigenvalue weighted by Gasteiger charge is 2.27. The van der Waals surface area contributed by atoms with Crippen LogP contribution in [0.4, 0.5) is 0 Å². The summed E-state index contributed by atoms with van der Waals surface area (Å²) in [5, 5.41) is 0. The van der Waals surface area contributed by atoms with Gasteiger partial charge in [0.25, 0.3) is 0 Å². The molecule has 0 heterocycles. The largest absolute Gasteiger partial charge is 0.0655 e. The average molecular weight is 389 g/mol. The predicted molar refractivity (Wildman–Crippen MR) is 130 cm³/mol. The number of allylic oxidation sites excluding steroid dienone is 1. The molecular formula is C29H40. The summed E-state index contributed by atoms with van der Waals surface area (Å²) in [5.74, 6) is 0. The first-order valence-electron chi connectivity index (χ1n) is 11.2. The fraction of sp³-hybridized carbons (Fsp3) is 0.517. The maximum atomic E-state index is 2.47. The van der Waals surface area contributed by atoms with Gasteiger partial charge in [-0.05, 0) is 68.0 Å². The van der Waals surface area contributed by atoms with E-state index in [0.717, 1.165) is 12.8 Å². The van der Waals surface area contributed by atoms with Crippen LogP contribution in [-0.2, 0) is 22.7 Å². The quantitative estimate of drug-likeness (QED) is 0.483. The molecule has 0 atom stereocenters. The normalized spacial score (nSPS) is 14.8. The van der Waals surface area contributed by atoms with Crippen molar-refractivity contribution in [1.82, 2.24) is 0 Å². The third kappa shape index (κ3) is 4.37. The maximum absolute atomic E-state index is 2.47. The van der Waals surface area contributed by atoms with E-state index in [0.29, 0.717) is 0 Å². The summed E-state index contributed by atoms with van der Waals surface area (Å²) >= 11 is 0. The first kappa shape index (κ1) is 21.9. The van der Waals surface area contributed by atoms with Crippen molar-refractivity contribution in [1.29, 1.82) is 0 Å². The Hall–Kier alpha value is -1.82. The summed E-state index contributed by atoms with van der Waals surface area (Å²) in [6.45, 7) is 23.3. The van der Waals surface area contributed by atoms with Gasteiger partial charge in [0.1, 0.15) is 0 Å². The lowest BCUT2D eigenvalue weighted by Gasteiger charge is -2.29. The molecule has 156 valence electrons. The van der Waals surface area contributed by atoms with E-state index in [4.69, 9.17) is 0 Å². The van der Waals surface area contributed by atoms with Gasteiger partial charge in [0, 0.05) is 0 Å². The monoisotopic (exact) mass is 388 g/mol. The Labute approximate surface area is 179 Å². The molecular weight excluding hydrogens is 348 g/mol. The minimum absolute atomic E-state index is 0.104. The van der Waals surface area contributed by atoms with E-state index in [9.17, 15) is 0 Å². The lowest BCUT2D eigenvalue weighted by atomic mass is 9.75. The zero-order chi connectivity index (χ0) is 21.8. The summed E-state index contributed by atoms with van der Waals surface area (Å²) in [7, 11) is 0. The van der Waals surface area contributed by atoms with Crippen LogP contribution in [0.15, 0.2) is 35.9 Å². The molecule has 0 aromatic heterocycles. The first-order valence-corrected chi connectivity index (χ1v) is 11.2. The van der Waals surface area contributed by atoms with E-state index >= 15 is 0 Å². The van der Waals surface area contributed by atoms with Crippen molar-refractivity contribution in [2.24, 2.45) is 0 Å². The van der Waals surface area contributed by atoms with Crippen molar-refractivity contribution in [2.75, 3.05) is 0 Å². The van der Waals surface area contributed by atoms with Gasteiger partial charge in [0.2, 0.25) is 0 Å². The molecule has 0 fully saturated rings. The van der Waals surface area contributed by atoms with Gasteiger partial charge in [-0.15, -0.1) is 0 Å². The molecule has 2 aromatic rings. The van der Waals surface area contributed by atoms with Gasteiger partial charge in [-0.1, -0.05) is 111 Å². The smallest absolute Gasteiger partial charge is 0.00577 e. The summed E-state index contributed by atoms with van der Waals surface area (Å²) < 4.78 is 0. The molecule has 0 saturated heterocycles. The van der Waals surface area contributed by atoms with Crippen LogP contribution >= 0.6 is 0 Å². The van der Waals surface area contributed by atoms with Gasteiger partial charge < -0.3 is 0 Å². The minimum Gasteiger partial charge on any atom is -0.0655 e. The summed E-state index contributed by atoms with van der Waals surface area (Å²) in [4.78, 5) is 0. The second kappa shape index (κ2) is 7.15. The van der Waals surface area contributed by atoms with Gasteiger partial charge in [0.15, 0.2) is 0 Å². The van der Waals surface area contributed by atoms with Crippen LogP contribution in [-0.4, -0.2) is 0 Å². The molecule has 0 nitrogen and oxygen atoms in total. The fourth-order valence-electron chi connectivity index (χ4n) is 4.28. The molecule has 0 aliphatic heterocycles. The molecule has 1 aliphatic carbocycles. The lowest BCUT2D eigenvalue weighted by molar-refractivity contribution is 0.568. The SMILES string of the molecule is CCC1=Cc2c(ccc(C(C)(C)C)c2-c2cc(C(C)(C)C)cc(C(C)(C)C)c2)C1. The van der Waals surface area contributed by atoms with Gasteiger partial charge in [-0.2, -0.15) is 0 Å². The highest BCUT2D eigenvalue weighted by Crippen LogP contribution is 2.43. The molecule has 0 amide bonds. The Morgan fingerprint density at radius 2 is 1.28 bits per heavy atom. The lowest BCUT2D eigenvalue weighted by Crippen LogP contribution is -2.18. The summed E-state index contributed by atoms with van der Waals surface area (Å²) in [5.41, 5.74) is 12.0. The van der Waals surface area contributed by atoms with E-state index in [1.807, 2.05) is 0 Å². The van der Waals surface area contributed by atoms with Crippen molar-refractivity contribution in [2.45, 2.75) is 98.3 Å². The summed E-state index contributed by atoms with van der Waals surface area (Å²) in [6, 6.07) is 12.1. The van der Waals surface area contributed by atoms with Crippen molar-refractivity contribution >= 4 is 6.08 Å². The van der Waals surface area contributed by atoms with Crippen LogP contribution in [0.2, 0.25) is 0 Å². The number of fused-ring (bicyclic) bond motifs is 1. The van der Waals surface area contributed by atoms with Gasteiger partial charge in [-0.25, -0.2) is 0 Å². The number of hydrogen-bond acceptors (Lipinski definition) is 0. The van der Waals surface area contributed by atoms with E-state index in [2.05, 4.69) is 106 Å². The number of benzene rings is 2. The highest BCUT2D eigenvalue weighted by molar-refractivity contribution is 5.84. The van der Waals surface area contributed by atoms with Crippen molar-refractivity contribution in [3.63, 3.8) is 0 Å². The topological polar surface area (TPSA) is 0 Å². The molecule has 0 heteroatoms. The molecule has 29 heavy (non-hydrogen) atoms. The van der Waals surface area contributed by atoms with Crippen LogP contribution in [0.25, 0.3) is 17.2 Å². The third-order valence-corrected chi connectivity index (χ3v) is 6.32. The standard InChI is InChI=1S/C29H40/c1-11-19-14-20-12-13-25(29(8,9)10)26(24(20)15-19)21-16-22(27(2,3)4)18-23(17-21)28(5,6)7/h12-13,15-18H,11,14H2,1-10H3. The highest BCUT2D eigenvalue weighted by atomic mass is 14.3. The Bertz CT molecular complexity index is 915. The Balaban J connectivity index is 2.39. The van der Waals surface area contributed by atoms with Crippen molar-refractivity contribution < 1.29 is 0 Å². The van der Waals surface area contributed by atoms with Gasteiger partial charge >= 0.3 is 0 Å². The molecule has 0 N–H and O–H groups in total. The molecule has 0 spiro atoms. The third-order valence-electron chi connectivity index (χ3n) is 6.32. The van der Waals surface area contributed by atoms with Crippen molar-refractivity contribution in [3.8, 4) is 11.1 Å². The molecule has 0 bridgehead atoms. The predicted octanol–water partition coefficient (Wildman–Crippen LogP) is 8.60. The van der Waals surface area contributed by atoms with E-state index in [1.165, 1.54) is 38.9 Å². The van der Waals surface area contributed by atoms with E-state index < -0.39 is 0 Å².